The molecule has 1 heterocycles. The molecule has 16 rings (SSSR count). The second kappa shape index (κ2) is 18.0. The highest BCUT2D eigenvalue weighted by atomic mass is 15.1. The van der Waals surface area contributed by atoms with E-state index in [-0.39, 0.29) is 11.3 Å². The lowest BCUT2D eigenvalue weighted by molar-refractivity contribution is 0.658. The van der Waals surface area contributed by atoms with Crippen molar-refractivity contribution in [3.8, 4) is 77.9 Å². The monoisotopic (exact) mass is 1020 g/mol. The second-order valence-corrected chi connectivity index (χ2v) is 23.0. The Bertz CT molecular complexity index is 4400. The first-order chi connectivity index (χ1) is 39.4. The Morgan fingerprint density at radius 3 is 1.52 bits per heavy atom. The Morgan fingerprint density at radius 1 is 0.325 bits per heavy atom. The number of rotatable bonds is 8. The van der Waals surface area contributed by atoms with Gasteiger partial charge in [0.1, 0.15) is 0 Å². The molecule has 0 saturated heterocycles. The van der Waals surface area contributed by atoms with Gasteiger partial charge < -0.3 is 4.90 Å². The van der Waals surface area contributed by atoms with Gasteiger partial charge in [0.05, 0.1) is 5.41 Å². The molecule has 1 aliphatic heterocycles. The summed E-state index contributed by atoms with van der Waals surface area (Å²) in [4.78, 5) is 2.60. The molecule has 1 heteroatoms. The van der Waals surface area contributed by atoms with Crippen LogP contribution in [0.2, 0.25) is 0 Å². The molecule has 12 aromatic rings. The number of hydrogen-bond acceptors (Lipinski definition) is 1. The third-order valence-electron chi connectivity index (χ3n) is 18.5. The van der Waals surface area contributed by atoms with E-state index in [1.54, 1.807) is 0 Å². The molecule has 4 aliphatic rings. The third kappa shape index (κ3) is 6.83. The van der Waals surface area contributed by atoms with E-state index in [2.05, 4.69) is 298 Å². The first-order valence-corrected chi connectivity index (χ1v) is 28.4. The Labute approximate surface area is 469 Å². The van der Waals surface area contributed by atoms with Crippen LogP contribution in [0, 0.1) is 0 Å². The van der Waals surface area contributed by atoms with Gasteiger partial charge in [0, 0.05) is 40.4 Å². The van der Waals surface area contributed by atoms with E-state index in [4.69, 9.17) is 0 Å². The van der Waals surface area contributed by atoms with Crippen LogP contribution in [0.5, 0.6) is 0 Å². The summed E-state index contributed by atoms with van der Waals surface area (Å²) in [6.07, 6.45) is 0.879. The average Bonchev–Trinajstić information content (AvgIpc) is 4.27. The first-order valence-electron chi connectivity index (χ1n) is 28.4. The van der Waals surface area contributed by atoms with Crippen LogP contribution in [0.1, 0.15) is 75.4 Å². The minimum Gasteiger partial charge on any atom is -0.336 e. The second-order valence-electron chi connectivity index (χ2n) is 23.0. The van der Waals surface area contributed by atoms with Crippen molar-refractivity contribution in [3.05, 3.63) is 335 Å². The highest BCUT2D eigenvalue weighted by Gasteiger charge is 2.52. The molecule has 1 unspecified atom stereocenters. The van der Waals surface area contributed by atoms with Crippen molar-refractivity contribution in [2.24, 2.45) is 0 Å². The molecule has 0 amide bonds. The van der Waals surface area contributed by atoms with Crippen molar-refractivity contribution >= 4 is 11.4 Å². The van der Waals surface area contributed by atoms with E-state index < -0.39 is 5.41 Å². The van der Waals surface area contributed by atoms with E-state index in [1.807, 2.05) is 0 Å². The molecular formula is C79H57N. The number of hydrogen-bond donors (Lipinski definition) is 0. The maximum Gasteiger partial charge on any atom is 0.0725 e. The summed E-state index contributed by atoms with van der Waals surface area (Å²) >= 11 is 0. The van der Waals surface area contributed by atoms with Gasteiger partial charge >= 0.3 is 0 Å². The molecule has 1 atom stereocenters. The van der Waals surface area contributed by atoms with Crippen LogP contribution in [0.15, 0.2) is 279 Å². The fourth-order valence-corrected chi connectivity index (χ4v) is 15.0. The van der Waals surface area contributed by atoms with Gasteiger partial charge in [0.15, 0.2) is 0 Å². The zero-order valence-corrected chi connectivity index (χ0v) is 45.0. The fourth-order valence-electron chi connectivity index (χ4n) is 15.0. The summed E-state index contributed by atoms with van der Waals surface area (Å²) in [6.45, 7) is 5.49. The topological polar surface area (TPSA) is 3.24 Å². The van der Waals surface area contributed by atoms with Gasteiger partial charge in [-0.15, -0.1) is 0 Å². The van der Waals surface area contributed by atoms with Gasteiger partial charge in [-0.25, -0.2) is 0 Å². The minimum atomic E-state index is -0.413. The number of para-hydroxylation sites is 1. The standard InChI is InChI=1S/C79H57N/c1-78(2)68-35-17-12-29-59(68)62-43-41-51(46-73(62)78)45-65(52-23-6-3-7-24-52)56-47-57-50-80(74-40-21-16-33-64(74)76(57)67(49-56)54-27-10-5-11-28-54)75-44-42-55(48-66(75)53-25-8-4-9-26-53)58-34-22-39-72-77(58)63-32-15-20-38-71(63)79(72)69-36-18-13-30-60(69)61-31-14-19-37-70(61)79/h3-44,46-49,65H,45,50H2,1-2H3. The van der Waals surface area contributed by atoms with E-state index in [9.17, 15) is 0 Å². The van der Waals surface area contributed by atoms with Crippen molar-refractivity contribution in [1.82, 2.24) is 0 Å². The SMILES string of the molecule is CC1(C)c2ccccc2-c2ccc(CC(c3ccccc3)c3cc4c(c(-c5ccccc5)c3)-c3ccccc3N(c3ccc(-c5cccc6c5-c5ccccc5C65c6ccccc6-c6ccccc65)cc3-c3ccccc3)C4)cc21. The molecule has 0 N–H and O–H groups in total. The van der Waals surface area contributed by atoms with E-state index >= 15 is 0 Å². The predicted molar refractivity (Wildman–Crippen MR) is 333 cm³/mol. The molecule has 0 saturated carbocycles. The van der Waals surface area contributed by atoms with E-state index in [0.717, 1.165) is 6.42 Å². The summed E-state index contributed by atoms with van der Waals surface area (Å²) < 4.78 is 0. The molecule has 1 nitrogen and oxygen atoms in total. The molecule has 0 radical (unpaired) electrons. The first kappa shape index (κ1) is 46.5. The number of benzene rings is 12. The van der Waals surface area contributed by atoms with Gasteiger partial charge in [0.2, 0.25) is 0 Å². The predicted octanol–water partition coefficient (Wildman–Crippen LogP) is 20.0. The van der Waals surface area contributed by atoms with Gasteiger partial charge in [0.25, 0.3) is 0 Å². The number of nitrogens with zero attached hydrogens (tertiary/aromatic N) is 1. The Hall–Kier alpha value is -9.56. The lowest BCUT2D eigenvalue weighted by Gasteiger charge is -2.36. The smallest absolute Gasteiger partial charge is 0.0725 e. The summed E-state index contributed by atoms with van der Waals surface area (Å²) in [7, 11) is 0. The van der Waals surface area contributed by atoms with Crippen LogP contribution in [-0.2, 0) is 23.8 Å². The Balaban J connectivity index is 0.862. The van der Waals surface area contributed by atoms with Crippen LogP contribution in [0.4, 0.5) is 11.4 Å². The van der Waals surface area contributed by atoms with E-state index in [0.29, 0.717) is 6.54 Å². The molecule has 12 aromatic carbocycles. The average molecular weight is 1020 g/mol. The molecule has 0 fully saturated rings. The van der Waals surface area contributed by atoms with Crippen molar-refractivity contribution in [1.29, 1.82) is 0 Å². The molecule has 378 valence electrons. The van der Waals surface area contributed by atoms with Crippen LogP contribution in [0.25, 0.3) is 77.9 Å². The molecule has 80 heavy (non-hydrogen) atoms. The zero-order valence-electron chi connectivity index (χ0n) is 45.0. The van der Waals surface area contributed by atoms with Gasteiger partial charge in [-0.2, -0.15) is 0 Å². The zero-order chi connectivity index (χ0) is 53.1. The fraction of sp³-hybridized carbons (Fsp3) is 0.0886. The summed E-state index contributed by atoms with van der Waals surface area (Å²) in [6, 6.07) is 106. The third-order valence-corrected chi connectivity index (χ3v) is 18.5. The maximum absolute atomic E-state index is 2.60. The Morgan fingerprint density at radius 2 is 0.838 bits per heavy atom. The summed E-state index contributed by atoms with van der Waals surface area (Å²) in [5.74, 6) is 0.113. The molecule has 0 aromatic heterocycles. The summed E-state index contributed by atoms with van der Waals surface area (Å²) in [5, 5.41) is 0. The van der Waals surface area contributed by atoms with Crippen molar-refractivity contribution in [2.45, 2.75) is 43.6 Å². The van der Waals surface area contributed by atoms with Crippen molar-refractivity contribution < 1.29 is 0 Å². The molecule has 3 aliphatic carbocycles. The lowest BCUT2D eigenvalue weighted by Crippen LogP contribution is -2.25. The minimum absolute atomic E-state index is 0.0746. The highest BCUT2D eigenvalue weighted by Crippen LogP contribution is 2.64. The van der Waals surface area contributed by atoms with Crippen LogP contribution < -0.4 is 4.90 Å². The van der Waals surface area contributed by atoms with Gasteiger partial charge in [-0.1, -0.05) is 269 Å². The van der Waals surface area contributed by atoms with Crippen molar-refractivity contribution in [3.63, 3.8) is 0 Å². The van der Waals surface area contributed by atoms with Gasteiger partial charge in [-0.05, 0) is 153 Å². The molecule has 1 spiro atoms. The summed E-state index contributed by atoms with van der Waals surface area (Å²) in [5.41, 5.74) is 33.5. The van der Waals surface area contributed by atoms with Crippen LogP contribution in [-0.4, -0.2) is 0 Å². The quantitative estimate of drug-likeness (QED) is 0.147. The van der Waals surface area contributed by atoms with E-state index in [1.165, 1.54) is 145 Å². The van der Waals surface area contributed by atoms with Crippen LogP contribution in [0.3, 0.4) is 0 Å². The van der Waals surface area contributed by atoms with Crippen molar-refractivity contribution in [2.75, 3.05) is 4.90 Å². The normalized spacial score (nSPS) is 14.5. The lowest BCUT2D eigenvalue weighted by atomic mass is 9.70. The Kier molecular flexibility index (Phi) is 10.5. The largest absolute Gasteiger partial charge is 0.336 e. The maximum atomic E-state index is 2.60. The van der Waals surface area contributed by atoms with Gasteiger partial charge in [-0.3, -0.25) is 0 Å². The highest BCUT2D eigenvalue weighted by molar-refractivity contribution is 6.02. The van der Waals surface area contributed by atoms with Crippen LogP contribution >= 0.6 is 0 Å². The number of anilines is 2. The number of fused-ring (bicyclic) bond motifs is 16. The molecular weight excluding hydrogens is 963 g/mol. The molecule has 0 bridgehead atoms.